The normalized spacial score (nSPS) is 12.3. The van der Waals surface area contributed by atoms with Gasteiger partial charge in [0.15, 0.2) is 0 Å². The number of halogens is 1. The van der Waals surface area contributed by atoms with Gasteiger partial charge in [0.25, 0.3) is 0 Å². The van der Waals surface area contributed by atoms with E-state index < -0.39 is 6.10 Å². The zero-order chi connectivity index (χ0) is 24.5. The van der Waals surface area contributed by atoms with E-state index in [-0.39, 0.29) is 18.5 Å². The molecule has 0 unspecified atom stereocenters. The third-order valence-electron chi connectivity index (χ3n) is 5.47. The second kappa shape index (κ2) is 12.5. The summed E-state index contributed by atoms with van der Waals surface area (Å²) in [6, 6.07) is 15.9. The molecule has 6 nitrogen and oxygen atoms in total. The zero-order valence-electron chi connectivity index (χ0n) is 20.2. The summed E-state index contributed by atoms with van der Waals surface area (Å²) in [6.45, 7) is 11.5. The molecule has 0 bridgehead atoms. The first-order chi connectivity index (χ1) is 16.4. The van der Waals surface area contributed by atoms with E-state index in [1.54, 1.807) is 22.9 Å². The van der Waals surface area contributed by atoms with Crippen molar-refractivity contribution in [3.8, 4) is 17.3 Å². The molecule has 2 aromatic carbocycles. The quantitative estimate of drug-likeness (QED) is 0.279. The fraction of sp³-hybridized carbons (Fsp3) is 0.370. The molecule has 0 amide bonds. The lowest BCUT2D eigenvalue weighted by Crippen LogP contribution is -2.39. The molecule has 7 heteroatoms. The zero-order valence-corrected chi connectivity index (χ0v) is 20.2. The van der Waals surface area contributed by atoms with Crippen LogP contribution >= 0.6 is 0 Å². The van der Waals surface area contributed by atoms with Crippen LogP contribution in [0.5, 0.6) is 11.6 Å². The molecule has 3 rings (SSSR count). The summed E-state index contributed by atoms with van der Waals surface area (Å²) in [6.07, 6.45) is 1.74. The van der Waals surface area contributed by atoms with Gasteiger partial charge in [-0.1, -0.05) is 31.2 Å². The highest BCUT2D eigenvalue weighted by Gasteiger charge is 2.25. The van der Waals surface area contributed by atoms with E-state index in [1.807, 2.05) is 30.3 Å². The van der Waals surface area contributed by atoms with E-state index in [2.05, 4.69) is 32.3 Å². The van der Waals surface area contributed by atoms with Gasteiger partial charge in [0.1, 0.15) is 11.6 Å². The molecule has 3 aromatic rings. The Kier molecular flexibility index (Phi) is 9.39. The van der Waals surface area contributed by atoms with Crippen LogP contribution in [0, 0.1) is 5.82 Å². The Labute approximate surface area is 201 Å². The van der Waals surface area contributed by atoms with E-state index in [0.29, 0.717) is 37.7 Å². The van der Waals surface area contributed by atoms with Gasteiger partial charge in [-0.3, -0.25) is 4.90 Å². The lowest BCUT2D eigenvalue weighted by atomic mass is 10.1. The fourth-order valence-corrected chi connectivity index (χ4v) is 3.66. The van der Waals surface area contributed by atoms with Crippen LogP contribution in [0.3, 0.4) is 0 Å². The third kappa shape index (κ3) is 6.76. The van der Waals surface area contributed by atoms with Gasteiger partial charge in [0.05, 0.1) is 36.3 Å². The molecule has 34 heavy (non-hydrogen) atoms. The van der Waals surface area contributed by atoms with E-state index in [4.69, 9.17) is 14.6 Å². The first-order valence-electron chi connectivity index (χ1n) is 11.6. The fourth-order valence-electron chi connectivity index (χ4n) is 3.66. The summed E-state index contributed by atoms with van der Waals surface area (Å²) in [5.41, 5.74) is 2.71. The third-order valence-corrected chi connectivity index (χ3v) is 5.47. The molecule has 0 aliphatic carbocycles. The Morgan fingerprint density at radius 2 is 1.85 bits per heavy atom. The van der Waals surface area contributed by atoms with Crippen molar-refractivity contribution in [2.24, 2.45) is 0 Å². The Bertz CT molecular complexity index is 1040. The maximum Gasteiger partial charge on any atom is 0.227 e. The van der Waals surface area contributed by atoms with Gasteiger partial charge in [-0.15, -0.1) is 6.58 Å². The van der Waals surface area contributed by atoms with Gasteiger partial charge < -0.3 is 14.6 Å². The topological polar surface area (TPSA) is 59.8 Å². The lowest BCUT2D eigenvalue weighted by molar-refractivity contribution is 0.0176. The van der Waals surface area contributed by atoms with Crippen molar-refractivity contribution in [2.45, 2.75) is 45.9 Å². The Morgan fingerprint density at radius 3 is 2.47 bits per heavy atom. The highest BCUT2D eigenvalue weighted by molar-refractivity contribution is 5.43. The summed E-state index contributed by atoms with van der Waals surface area (Å²) in [5.74, 6) is 0.783. The van der Waals surface area contributed by atoms with Gasteiger partial charge in [-0.25, -0.2) is 9.07 Å². The molecule has 0 saturated carbocycles. The van der Waals surface area contributed by atoms with E-state index in [1.165, 1.54) is 12.1 Å². The summed E-state index contributed by atoms with van der Waals surface area (Å²) in [7, 11) is 0. The largest absolute Gasteiger partial charge is 0.439 e. The predicted octanol–water partition coefficient (Wildman–Crippen LogP) is 5.14. The average Bonchev–Trinajstić information content (AvgIpc) is 3.17. The number of benzene rings is 2. The van der Waals surface area contributed by atoms with Crippen LogP contribution in [-0.4, -0.2) is 51.7 Å². The summed E-state index contributed by atoms with van der Waals surface area (Å²) in [4.78, 5) is 2.17. The number of para-hydroxylation sites is 1. The van der Waals surface area contributed by atoms with E-state index >= 15 is 0 Å². The molecule has 1 aromatic heterocycles. The number of aliphatic hydroxyl groups excluding tert-OH is 1. The molecule has 1 N–H and O–H groups in total. The van der Waals surface area contributed by atoms with Crippen LogP contribution in [-0.2, 0) is 17.7 Å². The van der Waals surface area contributed by atoms with Crippen LogP contribution in [0.2, 0.25) is 0 Å². The van der Waals surface area contributed by atoms with Crippen LogP contribution in [0.25, 0.3) is 5.69 Å². The second-order valence-corrected chi connectivity index (χ2v) is 8.39. The Balaban J connectivity index is 1.97. The minimum absolute atomic E-state index is 0.164. The number of nitrogens with zero attached hydrogens (tertiary/aromatic N) is 3. The lowest BCUT2D eigenvalue weighted by Gasteiger charge is -2.29. The van der Waals surface area contributed by atoms with E-state index in [0.717, 1.165) is 16.9 Å². The number of ether oxygens (including phenoxy) is 2. The number of hydrogen-bond donors (Lipinski definition) is 1. The predicted molar refractivity (Wildman–Crippen MR) is 132 cm³/mol. The highest BCUT2D eigenvalue weighted by atomic mass is 19.1. The van der Waals surface area contributed by atoms with Crippen molar-refractivity contribution in [3.63, 3.8) is 0 Å². The summed E-state index contributed by atoms with van der Waals surface area (Å²) >= 11 is 0. The number of aryl methyl sites for hydroxylation is 1. The molecule has 0 radical (unpaired) electrons. The Morgan fingerprint density at radius 1 is 1.15 bits per heavy atom. The van der Waals surface area contributed by atoms with Crippen LogP contribution in [0.1, 0.15) is 32.0 Å². The van der Waals surface area contributed by atoms with Crippen molar-refractivity contribution >= 4 is 0 Å². The maximum absolute atomic E-state index is 13.5. The average molecular weight is 468 g/mol. The van der Waals surface area contributed by atoms with Crippen LogP contribution < -0.4 is 4.74 Å². The minimum Gasteiger partial charge on any atom is -0.439 e. The van der Waals surface area contributed by atoms with E-state index in [9.17, 15) is 9.50 Å². The van der Waals surface area contributed by atoms with Crippen LogP contribution in [0.4, 0.5) is 4.39 Å². The van der Waals surface area contributed by atoms with Gasteiger partial charge in [0.2, 0.25) is 5.88 Å². The van der Waals surface area contributed by atoms with Crippen molar-refractivity contribution in [1.82, 2.24) is 14.7 Å². The molecule has 0 spiro atoms. The monoisotopic (exact) mass is 467 g/mol. The Hall–Kier alpha value is -3.00. The molecule has 1 atom stereocenters. The second-order valence-electron chi connectivity index (χ2n) is 8.39. The molecule has 0 aliphatic heterocycles. The molecule has 182 valence electrons. The summed E-state index contributed by atoms with van der Waals surface area (Å²) in [5, 5.41) is 15.4. The van der Waals surface area contributed by atoms with Gasteiger partial charge in [-0.2, -0.15) is 5.10 Å². The first kappa shape index (κ1) is 25.6. The van der Waals surface area contributed by atoms with Crippen molar-refractivity contribution in [2.75, 3.05) is 19.8 Å². The van der Waals surface area contributed by atoms with Crippen LogP contribution in [0.15, 0.2) is 67.3 Å². The summed E-state index contributed by atoms with van der Waals surface area (Å²) < 4.78 is 27.0. The number of aliphatic hydroxyl groups is 1. The van der Waals surface area contributed by atoms with Crippen molar-refractivity contribution < 1.29 is 19.0 Å². The molecular weight excluding hydrogens is 433 g/mol. The standard InChI is InChI=1S/C27H34FN3O3/c1-5-16-33-19-23(32)17-30(20(3)4)18-25-26(6-2)29-31(22-10-8-7-9-11-22)27(25)34-24-14-12-21(28)13-15-24/h5,7-15,20,23,32H,1,6,16-19H2,2-4H3/t23-/m0/s1. The van der Waals surface area contributed by atoms with Gasteiger partial charge in [-0.05, 0) is 56.7 Å². The van der Waals surface area contributed by atoms with Crippen molar-refractivity contribution in [1.29, 1.82) is 0 Å². The van der Waals surface area contributed by atoms with Gasteiger partial charge in [0, 0.05) is 19.1 Å². The number of hydrogen-bond acceptors (Lipinski definition) is 5. The maximum atomic E-state index is 13.5. The number of aromatic nitrogens is 2. The van der Waals surface area contributed by atoms with Gasteiger partial charge >= 0.3 is 0 Å². The van der Waals surface area contributed by atoms with Crippen molar-refractivity contribution in [3.05, 3.63) is 84.3 Å². The highest BCUT2D eigenvalue weighted by Crippen LogP contribution is 2.32. The smallest absolute Gasteiger partial charge is 0.227 e. The molecular formula is C27H34FN3O3. The molecule has 0 aliphatic rings. The number of rotatable bonds is 13. The SMILES string of the molecule is C=CCOC[C@@H](O)CN(Cc1c(CC)nn(-c2ccccc2)c1Oc1ccc(F)cc1)C(C)C. The molecule has 0 saturated heterocycles. The molecule has 0 fully saturated rings. The first-order valence-corrected chi connectivity index (χ1v) is 11.6. The molecule has 1 heterocycles. The minimum atomic E-state index is -0.641.